The molecule has 0 aromatic heterocycles. The van der Waals surface area contributed by atoms with Gasteiger partial charge >= 0.3 is 5.97 Å². The van der Waals surface area contributed by atoms with Gasteiger partial charge in [0.25, 0.3) is 0 Å². The average molecular weight is 560 g/mol. The standard InChI is InChI=1S/C26H33N5O7S/c27-18(10-11-22(28)33)23(34)31-21(14-39)25(36)29-19(12-16-6-8-17(32)9-7-16)24(35)30-20(26(37)38)13-15-4-2-1-3-5-15/h1-9,18-21,32,39H,10-14,27H2,(H2,28,33)(H,29,36)(H,30,35)(H,31,34)(H,37,38). The highest BCUT2D eigenvalue weighted by Gasteiger charge is 2.30. The minimum Gasteiger partial charge on any atom is -0.508 e. The van der Waals surface area contributed by atoms with Gasteiger partial charge in [-0.3, -0.25) is 19.2 Å². The molecule has 2 aromatic rings. The molecule has 2 aromatic carbocycles. The van der Waals surface area contributed by atoms with E-state index in [1.807, 2.05) is 0 Å². The van der Waals surface area contributed by atoms with Crippen molar-refractivity contribution in [1.82, 2.24) is 16.0 Å². The molecule has 0 saturated carbocycles. The summed E-state index contributed by atoms with van der Waals surface area (Å²) in [6.45, 7) is 0. The van der Waals surface area contributed by atoms with Gasteiger partial charge < -0.3 is 37.6 Å². The number of primary amides is 1. The van der Waals surface area contributed by atoms with Crippen LogP contribution in [0.15, 0.2) is 54.6 Å². The van der Waals surface area contributed by atoms with Gasteiger partial charge in [-0.15, -0.1) is 0 Å². The molecule has 12 nitrogen and oxygen atoms in total. The number of carbonyl (C=O) groups is 5. The van der Waals surface area contributed by atoms with Crippen LogP contribution in [0.1, 0.15) is 24.0 Å². The quantitative estimate of drug-likeness (QED) is 0.130. The van der Waals surface area contributed by atoms with Gasteiger partial charge in [0.05, 0.1) is 6.04 Å². The molecule has 0 heterocycles. The molecule has 210 valence electrons. The second kappa shape index (κ2) is 15.3. The van der Waals surface area contributed by atoms with Crippen molar-refractivity contribution in [2.75, 3.05) is 5.75 Å². The molecule has 0 fully saturated rings. The molecule has 2 rings (SSSR count). The zero-order valence-corrected chi connectivity index (χ0v) is 22.0. The summed E-state index contributed by atoms with van der Waals surface area (Å²) >= 11 is 4.11. The third-order valence-corrected chi connectivity index (χ3v) is 6.13. The summed E-state index contributed by atoms with van der Waals surface area (Å²) < 4.78 is 0. The van der Waals surface area contributed by atoms with Gasteiger partial charge in [0.15, 0.2) is 0 Å². The lowest BCUT2D eigenvalue weighted by atomic mass is 10.0. The molecular formula is C26H33N5O7S. The van der Waals surface area contributed by atoms with Crippen LogP contribution in [0.5, 0.6) is 5.75 Å². The van der Waals surface area contributed by atoms with Crippen molar-refractivity contribution in [3.63, 3.8) is 0 Å². The fourth-order valence-corrected chi connectivity index (χ4v) is 3.83. The third-order valence-electron chi connectivity index (χ3n) is 5.76. The number of aromatic hydroxyl groups is 1. The lowest BCUT2D eigenvalue weighted by Crippen LogP contribution is -2.58. The fourth-order valence-electron chi connectivity index (χ4n) is 3.57. The molecule has 4 atom stereocenters. The smallest absolute Gasteiger partial charge is 0.326 e. The van der Waals surface area contributed by atoms with Crippen molar-refractivity contribution >= 4 is 42.2 Å². The van der Waals surface area contributed by atoms with Gasteiger partial charge in [0, 0.05) is 25.0 Å². The summed E-state index contributed by atoms with van der Waals surface area (Å²) in [4.78, 5) is 61.5. The Bertz CT molecular complexity index is 1150. The van der Waals surface area contributed by atoms with E-state index in [1.54, 1.807) is 42.5 Å². The Morgan fingerprint density at radius 2 is 1.28 bits per heavy atom. The number of rotatable bonds is 15. The fraction of sp³-hybridized carbons (Fsp3) is 0.346. The van der Waals surface area contributed by atoms with Gasteiger partial charge in [0.2, 0.25) is 23.6 Å². The van der Waals surface area contributed by atoms with Crippen LogP contribution in [0.2, 0.25) is 0 Å². The highest BCUT2D eigenvalue weighted by molar-refractivity contribution is 7.80. The minimum atomic E-state index is -1.28. The Hall–Kier alpha value is -4.10. The van der Waals surface area contributed by atoms with E-state index in [1.165, 1.54) is 12.1 Å². The zero-order chi connectivity index (χ0) is 28.9. The molecule has 0 radical (unpaired) electrons. The summed E-state index contributed by atoms with van der Waals surface area (Å²) in [7, 11) is 0. The molecule has 4 amide bonds. The van der Waals surface area contributed by atoms with Crippen molar-refractivity contribution in [1.29, 1.82) is 0 Å². The Morgan fingerprint density at radius 3 is 1.85 bits per heavy atom. The highest BCUT2D eigenvalue weighted by atomic mass is 32.1. The summed E-state index contributed by atoms with van der Waals surface area (Å²) in [5.74, 6) is -4.25. The van der Waals surface area contributed by atoms with Crippen LogP contribution in [0.3, 0.4) is 0 Å². The number of phenols is 1. The number of carbonyl (C=O) groups excluding carboxylic acids is 4. The van der Waals surface area contributed by atoms with Gasteiger partial charge in [-0.25, -0.2) is 4.79 Å². The van der Waals surface area contributed by atoms with Crippen molar-refractivity contribution in [2.24, 2.45) is 11.5 Å². The summed E-state index contributed by atoms with van der Waals surface area (Å²) in [6.07, 6.45) is -0.165. The molecular weight excluding hydrogens is 526 g/mol. The number of thiol groups is 1. The van der Waals surface area contributed by atoms with Crippen molar-refractivity contribution in [3.8, 4) is 5.75 Å². The van der Waals surface area contributed by atoms with Crippen LogP contribution in [-0.4, -0.2) is 69.7 Å². The first-order valence-electron chi connectivity index (χ1n) is 12.1. The molecule has 0 spiro atoms. The maximum atomic E-state index is 13.2. The lowest BCUT2D eigenvalue weighted by Gasteiger charge is -2.25. The first kappa shape index (κ1) is 31.1. The SMILES string of the molecule is NC(=O)CCC(N)C(=O)NC(CS)C(=O)NC(Cc1ccc(O)cc1)C(=O)NC(Cc1ccccc1)C(=O)O. The number of nitrogens with two attached hydrogens (primary N) is 2. The second-order valence-electron chi connectivity index (χ2n) is 8.88. The number of phenolic OH excluding ortho intramolecular Hbond substituents is 1. The molecule has 9 N–H and O–H groups in total. The first-order valence-corrected chi connectivity index (χ1v) is 12.7. The van der Waals surface area contributed by atoms with Crippen LogP contribution in [0.25, 0.3) is 0 Å². The van der Waals surface area contributed by atoms with Crippen molar-refractivity contribution in [2.45, 2.75) is 49.9 Å². The van der Waals surface area contributed by atoms with Gasteiger partial charge in [-0.2, -0.15) is 12.6 Å². The number of aliphatic carboxylic acids is 1. The summed E-state index contributed by atoms with van der Waals surface area (Å²) in [6, 6.07) is 9.85. The second-order valence-corrected chi connectivity index (χ2v) is 9.24. The Balaban J connectivity index is 2.18. The van der Waals surface area contributed by atoms with E-state index in [0.717, 1.165) is 0 Å². The normalized spacial score (nSPS) is 13.8. The largest absolute Gasteiger partial charge is 0.508 e. The maximum Gasteiger partial charge on any atom is 0.326 e. The molecule has 0 aliphatic carbocycles. The molecule has 0 aliphatic heterocycles. The lowest BCUT2D eigenvalue weighted by molar-refractivity contribution is -0.142. The van der Waals surface area contributed by atoms with Crippen molar-refractivity contribution in [3.05, 3.63) is 65.7 Å². The highest BCUT2D eigenvalue weighted by Crippen LogP contribution is 2.12. The number of carboxylic acid groups (broad SMARTS) is 1. The van der Waals surface area contributed by atoms with E-state index in [9.17, 15) is 34.2 Å². The number of benzene rings is 2. The number of carboxylic acids is 1. The van der Waals surface area contributed by atoms with Crippen LogP contribution in [0.4, 0.5) is 0 Å². The van der Waals surface area contributed by atoms with Crippen LogP contribution in [-0.2, 0) is 36.8 Å². The summed E-state index contributed by atoms with van der Waals surface area (Å²) in [5.41, 5.74) is 12.1. The Labute approximate surface area is 230 Å². The molecule has 0 bridgehead atoms. The van der Waals surface area contributed by atoms with E-state index in [0.29, 0.717) is 11.1 Å². The zero-order valence-electron chi connectivity index (χ0n) is 21.1. The number of amides is 4. The third kappa shape index (κ3) is 10.7. The average Bonchev–Trinajstić information content (AvgIpc) is 2.90. The molecule has 0 aliphatic rings. The van der Waals surface area contributed by atoms with Gasteiger partial charge in [-0.05, 0) is 29.7 Å². The Morgan fingerprint density at radius 1 is 0.769 bits per heavy atom. The maximum absolute atomic E-state index is 13.2. The van der Waals surface area contributed by atoms with Crippen LogP contribution >= 0.6 is 12.6 Å². The Kier molecular flexibility index (Phi) is 12.2. The monoisotopic (exact) mass is 559 g/mol. The predicted octanol–water partition coefficient (Wildman–Crippen LogP) is -0.761. The van der Waals surface area contributed by atoms with Crippen LogP contribution < -0.4 is 27.4 Å². The number of nitrogens with one attached hydrogen (secondary N) is 3. The van der Waals surface area contributed by atoms with E-state index >= 15 is 0 Å². The van der Waals surface area contributed by atoms with Crippen LogP contribution in [0, 0.1) is 0 Å². The first-order chi connectivity index (χ1) is 18.5. The molecule has 39 heavy (non-hydrogen) atoms. The minimum absolute atomic E-state index is 0.00288. The number of hydrogen-bond donors (Lipinski definition) is 8. The van der Waals surface area contributed by atoms with Crippen molar-refractivity contribution < 1.29 is 34.2 Å². The van der Waals surface area contributed by atoms with E-state index in [4.69, 9.17) is 11.5 Å². The summed E-state index contributed by atoms with van der Waals surface area (Å²) in [5, 5.41) is 26.7. The van der Waals surface area contributed by atoms with Gasteiger partial charge in [-0.1, -0.05) is 42.5 Å². The van der Waals surface area contributed by atoms with E-state index in [-0.39, 0.29) is 37.2 Å². The van der Waals surface area contributed by atoms with Gasteiger partial charge in [0.1, 0.15) is 23.9 Å². The molecule has 0 saturated heterocycles. The predicted molar refractivity (Wildman–Crippen MR) is 146 cm³/mol. The molecule has 13 heteroatoms. The van der Waals surface area contributed by atoms with E-state index < -0.39 is 53.8 Å². The van der Waals surface area contributed by atoms with E-state index in [2.05, 4.69) is 28.6 Å². The molecule has 4 unspecified atom stereocenters. The topological polar surface area (TPSA) is 214 Å². The number of hydrogen-bond acceptors (Lipinski definition) is 8.